The summed E-state index contributed by atoms with van der Waals surface area (Å²) < 4.78 is 5.00. The van der Waals surface area contributed by atoms with Crippen LogP contribution in [0.5, 0.6) is 0 Å². The summed E-state index contributed by atoms with van der Waals surface area (Å²) in [5.74, 6) is 2.35. The first-order valence-corrected chi connectivity index (χ1v) is 6.86. The van der Waals surface area contributed by atoms with E-state index in [1.54, 1.807) is 6.92 Å². The fraction of sp³-hybridized carbons (Fsp3) is 0.769. The predicted octanol–water partition coefficient (Wildman–Crippen LogP) is 1.61. The molecule has 0 unspecified atom stereocenters. The molecule has 2 atom stereocenters. The number of carbonyl (C=O) groups excluding carboxylic acids is 1. The molecule has 1 aromatic heterocycles. The molecule has 19 heavy (non-hydrogen) atoms. The van der Waals surface area contributed by atoms with E-state index in [0.717, 1.165) is 13.1 Å². The standard InChI is InChI=1S/C13H22N4O2/c1-9-6-10(2)8-17(7-9)13(18)14-5-4-12-15-11(3)16-19-12/h9-10H,4-8H2,1-3H3,(H,14,18)/t9-,10-/m0/s1. The van der Waals surface area contributed by atoms with Crippen molar-refractivity contribution >= 4 is 6.03 Å². The van der Waals surface area contributed by atoms with Crippen molar-refractivity contribution in [3.63, 3.8) is 0 Å². The fourth-order valence-electron chi connectivity index (χ4n) is 2.66. The van der Waals surface area contributed by atoms with E-state index in [-0.39, 0.29) is 6.03 Å². The van der Waals surface area contributed by atoms with E-state index in [1.165, 1.54) is 6.42 Å². The molecule has 1 aromatic rings. The van der Waals surface area contributed by atoms with Gasteiger partial charge in [0.25, 0.3) is 0 Å². The zero-order chi connectivity index (χ0) is 13.8. The number of rotatable bonds is 3. The summed E-state index contributed by atoms with van der Waals surface area (Å²) in [6, 6.07) is 0.00892. The summed E-state index contributed by atoms with van der Waals surface area (Å²) in [6.07, 6.45) is 1.77. The van der Waals surface area contributed by atoms with Crippen LogP contribution in [0, 0.1) is 18.8 Å². The van der Waals surface area contributed by atoms with Crippen molar-refractivity contribution in [3.8, 4) is 0 Å². The first kappa shape index (κ1) is 13.8. The van der Waals surface area contributed by atoms with Crippen molar-refractivity contribution in [2.75, 3.05) is 19.6 Å². The summed E-state index contributed by atoms with van der Waals surface area (Å²) in [5, 5.41) is 6.63. The van der Waals surface area contributed by atoms with Crippen molar-refractivity contribution in [1.82, 2.24) is 20.4 Å². The van der Waals surface area contributed by atoms with Crippen LogP contribution in [-0.4, -0.2) is 40.7 Å². The number of piperidine rings is 1. The lowest BCUT2D eigenvalue weighted by Gasteiger charge is -2.34. The van der Waals surface area contributed by atoms with E-state index >= 15 is 0 Å². The highest BCUT2D eigenvalue weighted by atomic mass is 16.5. The average Bonchev–Trinajstić information content (AvgIpc) is 2.73. The first-order valence-electron chi connectivity index (χ1n) is 6.86. The zero-order valence-corrected chi connectivity index (χ0v) is 11.8. The summed E-state index contributed by atoms with van der Waals surface area (Å²) in [6.45, 7) is 8.38. The molecule has 1 aliphatic heterocycles. The van der Waals surface area contributed by atoms with Crippen molar-refractivity contribution in [2.24, 2.45) is 11.8 Å². The van der Waals surface area contributed by atoms with Gasteiger partial charge in [-0.05, 0) is 25.2 Å². The van der Waals surface area contributed by atoms with Gasteiger partial charge >= 0.3 is 6.03 Å². The van der Waals surface area contributed by atoms with Gasteiger partial charge in [0, 0.05) is 26.1 Å². The van der Waals surface area contributed by atoms with E-state index in [1.807, 2.05) is 4.90 Å². The van der Waals surface area contributed by atoms with Gasteiger partial charge in [0.15, 0.2) is 5.82 Å². The Labute approximate surface area is 113 Å². The molecule has 0 spiro atoms. The third kappa shape index (κ3) is 3.94. The Balaban J connectivity index is 1.74. The summed E-state index contributed by atoms with van der Waals surface area (Å²) in [7, 11) is 0. The van der Waals surface area contributed by atoms with Crippen LogP contribution in [0.1, 0.15) is 32.0 Å². The number of urea groups is 1. The Morgan fingerprint density at radius 3 is 2.68 bits per heavy atom. The van der Waals surface area contributed by atoms with E-state index in [2.05, 4.69) is 29.3 Å². The lowest BCUT2D eigenvalue weighted by molar-refractivity contribution is 0.146. The maximum Gasteiger partial charge on any atom is 0.317 e. The molecule has 6 nitrogen and oxygen atoms in total. The lowest BCUT2D eigenvalue weighted by Crippen LogP contribution is -2.47. The first-order chi connectivity index (χ1) is 9.04. The molecule has 106 valence electrons. The smallest absolute Gasteiger partial charge is 0.317 e. The Hall–Kier alpha value is -1.59. The molecular weight excluding hydrogens is 244 g/mol. The van der Waals surface area contributed by atoms with Gasteiger partial charge in [-0.1, -0.05) is 19.0 Å². The van der Waals surface area contributed by atoms with Crippen molar-refractivity contribution < 1.29 is 9.32 Å². The second kappa shape index (κ2) is 6.04. The molecule has 2 rings (SSSR count). The van der Waals surface area contributed by atoms with Gasteiger partial charge in [0.05, 0.1) is 0 Å². The molecular formula is C13H22N4O2. The predicted molar refractivity (Wildman–Crippen MR) is 70.7 cm³/mol. The van der Waals surface area contributed by atoms with Crippen LogP contribution >= 0.6 is 0 Å². The van der Waals surface area contributed by atoms with Crippen molar-refractivity contribution in [3.05, 3.63) is 11.7 Å². The molecule has 1 fully saturated rings. The number of amides is 2. The monoisotopic (exact) mass is 266 g/mol. The second-order valence-electron chi connectivity index (χ2n) is 5.57. The minimum Gasteiger partial charge on any atom is -0.339 e. The minimum absolute atomic E-state index is 0.00892. The summed E-state index contributed by atoms with van der Waals surface area (Å²) in [5.41, 5.74) is 0. The van der Waals surface area contributed by atoms with Gasteiger partial charge in [0.1, 0.15) is 0 Å². The van der Waals surface area contributed by atoms with Crippen LogP contribution in [0.3, 0.4) is 0 Å². The van der Waals surface area contributed by atoms with Gasteiger partial charge < -0.3 is 14.7 Å². The number of aryl methyl sites for hydroxylation is 1. The highest BCUT2D eigenvalue weighted by molar-refractivity contribution is 5.74. The van der Waals surface area contributed by atoms with Gasteiger partial charge in [0.2, 0.25) is 5.89 Å². The summed E-state index contributed by atoms with van der Waals surface area (Å²) in [4.78, 5) is 18.0. The highest BCUT2D eigenvalue weighted by Gasteiger charge is 2.25. The van der Waals surface area contributed by atoms with Gasteiger partial charge in [-0.3, -0.25) is 0 Å². The Bertz CT molecular complexity index is 422. The quantitative estimate of drug-likeness (QED) is 0.902. The number of hydrogen-bond acceptors (Lipinski definition) is 4. The van der Waals surface area contributed by atoms with Gasteiger partial charge in [-0.15, -0.1) is 0 Å². The Morgan fingerprint density at radius 2 is 2.11 bits per heavy atom. The minimum atomic E-state index is 0.00892. The van der Waals surface area contributed by atoms with Crippen LogP contribution in [0.15, 0.2) is 4.52 Å². The molecule has 1 saturated heterocycles. The molecule has 1 N–H and O–H groups in total. The van der Waals surface area contributed by atoms with Gasteiger partial charge in [-0.25, -0.2) is 4.79 Å². The van der Waals surface area contributed by atoms with E-state index in [0.29, 0.717) is 36.5 Å². The van der Waals surface area contributed by atoms with Crippen LogP contribution in [0.2, 0.25) is 0 Å². The molecule has 2 amide bonds. The van der Waals surface area contributed by atoms with Crippen molar-refractivity contribution in [1.29, 1.82) is 0 Å². The zero-order valence-electron chi connectivity index (χ0n) is 11.8. The second-order valence-corrected chi connectivity index (χ2v) is 5.57. The highest BCUT2D eigenvalue weighted by Crippen LogP contribution is 2.20. The van der Waals surface area contributed by atoms with Crippen LogP contribution < -0.4 is 5.32 Å². The summed E-state index contributed by atoms with van der Waals surface area (Å²) >= 11 is 0. The number of carbonyl (C=O) groups is 1. The topological polar surface area (TPSA) is 71.3 Å². The molecule has 6 heteroatoms. The third-order valence-electron chi connectivity index (χ3n) is 3.34. The lowest BCUT2D eigenvalue weighted by atomic mass is 9.92. The molecule has 0 aromatic carbocycles. The number of likely N-dealkylation sites (tertiary alicyclic amines) is 1. The normalized spacial score (nSPS) is 23.4. The molecule has 2 heterocycles. The Kier molecular flexibility index (Phi) is 4.39. The number of hydrogen-bond donors (Lipinski definition) is 1. The number of aromatic nitrogens is 2. The largest absolute Gasteiger partial charge is 0.339 e. The van der Waals surface area contributed by atoms with E-state index in [9.17, 15) is 4.79 Å². The SMILES string of the molecule is Cc1noc(CCNC(=O)N2C[C@@H](C)C[C@H](C)C2)n1. The molecule has 0 aliphatic carbocycles. The third-order valence-corrected chi connectivity index (χ3v) is 3.34. The average molecular weight is 266 g/mol. The van der Waals surface area contributed by atoms with Crippen LogP contribution in [-0.2, 0) is 6.42 Å². The van der Waals surface area contributed by atoms with Crippen LogP contribution in [0.25, 0.3) is 0 Å². The maximum absolute atomic E-state index is 12.0. The van der Waals surface area contributed by atoms with E-state index < -0.39 is 0 Å². The number of nitrogens with zero attached hydrogens (tertiary/aromatic N) is 3. The van der Waals surface area contributed by atoms with Crippen molar-refractivity contribution in [2.45, 2.75) is 33.6 Å². The molecule has 1 aliphatic rings. The van der Waals surface area contributed by atoms with Crippen LogP contribution in [0.4, 0.5) is 4.79 Å². The Morgan fingerprint density at radius 1 is 1.42 bits per heavy atom. The number of nitrogens with one attached hydrogen (secondary N) is 1. The maximum atomic E-state index is 12.0. The molecule has 0 bridgehead atoms. The van der Waals surface area contributed by atoms with E-state index in [4.69, 9.17) is 4.52 Å². The van der Waals surface area contributed by atoms with Gasteiger partial charge in [-0.2, -0.15) is 4.98 Å². The molecule has 0 saturated carbocycles. The fourth-order valence-corrected chi connectivity index (χ4v) is 2.66. The molecule has 0 radical (unpaired) electrons.